The van der Waals surface area contributed by atoms with Crippen LogP contribution in [0.3, 0.4) is 0 Å². The van der Waals surface area contributed by atoms with Crippen molar-refractivity contribution in [1.82, 2.24) is 0 Å². The Hall–Kier alpha value is -2.07. The average Bonchev–Trinajstić information content (AvgIpc) is 3.00. The summed E-state index contributed by atoms with van der Waals surface area (Å²) in [6.07, 6.45) is 0.610. The molecule has 10 heteroatoms. The number of hydrogen-bond donors (Lipinski definition) is 0. The minimum Gasteiger partial charge on any atom is -0.468 e. The molecule has 2 aromatic rings. The van der Waals surface area contributed by atoms with Crippen molar-refractivity contribution in [2.45, 2.75) is 69.8 Å². The lowest BCUT2D eigenvalue weighted by molar-refractivity contribution is -0.140. The number of ether oxygens (including phenoxy) is 1. The summed E-state index contributed by atoms with van der Waals surface area (Å²) in [6, 6.07) is 12.1. The maximum absolute atomic E-state index is 14.0. The van der Waals surface area contributed by atoms with E-state index in [0.717, 1.165) is 5.56 Å². The molecule has 2 aliphatic heterocycles. The molecule has 194 valence electrons. The Morgan fingerprint density at radius 3 is 2.25 bits per heavy atom. The van der Waals surface area contributed by atoms with Crippen molar-refractivity contribution in [3.05, 3.63) is 58.6 Å². The molecule has 0 aliphatic carbocycles. The fourth-order valence-corrected chi connectivity index (χ4v) is 6.84. The molecule has 0 spiro atoms. The van der Waals surface area contributed by atoms with Gasteiger partial charge in [-0.2, -0.15) is 0 Å². The average molecular weight is 534 g/mol. The van der Waals surface area contributed by atoms with Crippen molar-refractivity contribution in [3.63, 3.8) is 0 Å². The monoisotopic (exact) mass is 533 g/mol. The number of fused-ring (bicyclic) bond motifs is 1. The summed E-state index contributed by atoms with van der Waals surface area (Å²) in [5, 5.41) is -1.34. The van der Waals surface area contributed by atoms with Crippen LogP contribution in [-0.2, 0) is 34.3 Å². The number of rotatable bonds is 5. The molecule has 4 rings (SSSR count). The molecule has 1 fully saturated rings. The third-order valence-corrected chi connectivity index (χ3v) is 10.1. The maximum Gasteiger partial charge on any atom is 0.496 e. The molecule has 0 aromatic heterocycles. The molecule has 1 unspecified atom stereocenters. The standard InChI is InChI=1S/C26H33BClNO6S/c1-24(2)14-15-29(21-11-9-8-10-18(21)24)36(31,32)22(23(30)33-7)17-12-13-19(20(28)16-17)27-34-25(3,4)26(5,6)35-27/h8-13,16,22H,14-15H2,1-7H3. The highest BCUT2D eigenvalue weighted by atomic mass is 35.5. The summed E-state index contributed by atoms with van der Waals surface area (Å²) in [5.41, 5.74) is 0.941. The van der Waals surface area contributed by atoms with E-state index in [1.165, 1.54) is 17.5 Å². The Labute approximate surface area is 219 Å². The molecular weight excluding hydrogens is 501 g/mol. The van der Waals surface area contributed by atoms with Gasteiger partial charge in [0.2, 0.25) is 5.25 Å². The van der Waals surface area contributed by atoms with Gasteiger partial charge in [0.1, 0.15) is 0 Å². The highest BCUT2D eigenvalue weighted by Gasteiger charge is 2.52. The number of carbonyl (C=O) groups is 1. The fraction of sp³-hybridized carbons (Fsp3) is 0.500. The Morgan fingerprint density at radius 1 is 1.06 bits per heavy atom. The molecule has 2 aromatic carbocycles. The van der Waals surface area contributed by atoms with Crippen LogP contribution in [0.25, 0.3) is 0 Å². The molecule has 2 aliphatic rings. The molecule has 1 saturated heterocycles. The van der Waals surface area contributed by atoms with E-state index in [0.29, 0.717) is 17.6 Å². The van der Waals surface area contributed by atoms with Crippen LogP contribution in [0.5, 0.6) is 0 Å². The first-order chi connectivity index (χ1) is 16.6. The van der Waals surface area contributed by atoms with Gasteiger partial charge in [-0.25, -0.2) is 8.42 Å². The van der Waals surface area contributed by atoms with Crippen molar-refractivity contribution in [2.75, 3.05) is 18.0 Å². The molecule has 2 heterocycles. The molecule has 36 heavy (non-hydrogen) atoms. The van der Waals surface area contributed by atoms with Crippen LogP contribution in [0, 0.1) is 0 Å². The van der Waals surface area contributed by atoms with Crippen LogP contribution in [0.2, 0.25) is 5.02 Å². The van der Waals surface area contributed by atoms with Gasteiger partial charge in [0, 0.05) is 17.0 Å². The number of sulfonamides is 1. The summed E-state index contributed by atoms with van der Waals surface area (Å²) in [5.74, 6) is -0.878. The van der Waals surface area contributed by atoms with Crippen LogP contribution in [0.4, 0.5) is 5.69 Å². The van der Waals surface area contributed by atoms with Gasteiger partial charge in [-0.15, -0.1) is 0 Å². The highest BCUT2D eigenvalue weighted by molar-refractivity contribution is 7.93. The van der Waals surface area contributed by atoms with Gasteiger partial charge in [0.05, 0.1) is 24.0 Å². The van der Waals surface area contributed by atoms with E-state index < -0.39 is 39.6 Å². The Kier molecular flexibility index (Phi) is 6.78. The maximum atomic E-state index is 14.0. The van der Waals surface area contributed by atoms with Crippen LogP contribution in [0.1, 0.15) is 64.3 Å². The third-order valence-electron chi connectivity index (χ3n) is 7.70. The number of nitrogens with zero attached hydrogens (tertiary/aromatic N) is 1. The number of methoxy groups -OCH3 is 1. The first-order valence-corrected chi connectivity index (χ1v) is 13.8. The van der Waals surface area contributed by atoms with E-state index in [2.05, 4.69) is 13.8 Å². The topological polar surface area (TPSA) is 82.1 Å². The lowest BCUT2D eigenvalue weighted by Gasteiger charge is -2.40. The predicted molar refractivity (Wildman–Crippen MR) is 142 cm³/mol. The van der Waals surface area contributed by atoms with E-state index in [-0.39, 0.29) is 22.5 Å². The van der Waals surface area contributed by atoms with Crippen molar-refractivity contribution < 1.29 is 27.3 Å². The second-order valence-corrected chi connectivity index (χ2v) is 13.4. The molecule has 0 N–H and O–H groups in total. The number of esters is 1. The predicted octanol–water partition coefficient (Wildman–Crippen LogP) is 4.37. The summed E-state index contributed by atoms with van der Waals surface area (Å²) >= 11 is 6.62. The van der Waals surface area contributed by atoms with Gasteiger partial charge in [-0.1, -0.05) is 55.8 Å². The molecule has 0 saturated carbocycles. The summed E-state index contributed by atoms with van der Waals surface area (Å²) in [6.45, 7) is 12.2. The zero-order valence-corrected chi connectivity index (χ0v) is 23.4. The lowest BCUT2D eigenvalue weighted by Crippen LogP contribution is -2.44. The van der Waals surface area contributed by atoms with E-state index in [4.69, 9.17) is 25.6 Å². The Bertz CT molecular complexity index is 1280. The van der Waals surface area contributed by atoms with E-state index >= 15 is 0 Å². The lowest BCUT2D eigenvalue weighted by atomic mass is 9.78. The summed E-state index contributed by atoms with van der Waals surface area (Å²) in [7, 11) is -3.74. The SMILES string of the molecule is COC(=O)C(c1ccc(B2OC(C)(C)C(C)(C)O2)c(Cl)c1)S(=O)(=O)N1CCC(C)(C)c2ccccc21. The van der Waals surface area contributed by atoms with Crippen molar-refractivity contribution in [3.8, 4) is 0 Å². The second kappa shape index (κ2) is 9.05. The number of anilines is 1. The zero-order valence-electron chi connectivity index (χ0n) is 21.8. The zero-order chi connectivity index (χ0) is 26.7. The largest absolute Gasteiger partial charge is 0.496 e. The van der Waals surface area contributed by atoms with E-state index in [9.17, 15) is 13.2 Å². The molecule has 7 nitrogen and oxygen atoms in total. The number of carbonyl (C=O) groups excluding carboxylic acids is 1. The van der Waals surface area contributed by atoms with Crippen LogP contribution in [0.15, 0.2) is 42.5 Å². The summed E-state index contributed by atoms with van der Waals surface area (Å²) in [4.78, 5) is 12.9. The molecule has 1 atom stereocenters. The van der Waals surface area contributed by atoms with Gasteiger partial charge in [0.15, 0.2) is 0 Å². The highest BCUT2D eigenvalue weighted by Crippen LogP contribution is 2.43. The first-order valence-electron chi connectivity index (χ1n) is 12.0. The minimum atomic E-state index is -4.20. The normalized spacial score (nSPS) is 21.1. The van der Waals surface area contributed by atoms with E-state index in [1.807, 2.05) is 39.8 Å². The van der Waals surface area contributed by atoms with Crippen molar-refractivity contribution >= 4 is 45.9 Å². The van der Waals surface area contributed by atoms with E-state index in [1.54, 1.807) is 24.3 Å². The van der Waals surface area contributed by atoms with Gasteiger partial charge >= 0.3 is 13.1 Å². The number of para-hydroxylation sites is 1. The molecule has 0 bridgehead atoms. The number of halogens is 1. The van der Waals surface area contributed by atoms with Crippen LogP contribution in [-0.4, -0.2) is 46.4 Å². The number of hydrogen-bond acceptors (Lipinski definition) is 6. The Balaban J connectivity index is 1.74. The minimum absolute atomic E-state index is 0.197. The Morgan fingerprint density at radius 2 is 1.67 bits per heavy atom. The molecule has 0 amide bonds. The quantitative estimate of drug-likeness (QED) is 0.419. The molecule has 0 radical (unpaired) electrons. The van der Waals surface area contributed by atoms with Crippen LogP contribution < -0.4 is 9.77 Å². The van der Waals surface area contributed by atoms with Gasteiger partial charge in [-0.05, 0) is 62.8 Å². The second-order valence-electron chi connectivity index (χ2n) is 11.0. The molecular formula is C26H33BClNO6S. The van der Waals surface area contributed by atoms with Crippen LogP contribution >= 0.6 is 11.6 Å². The smallest absolute Gasteiger partial charge is 0.468 e. The number of benzene rings is 2. The van der Waals surface area contributed by atoms with Gasteiger partial charge in [-0.3, -0.25) is 9.10 Å². The fourth-order valence-electron chi connectivity index (χ4n) is 4.70. The summed E-state index contributed by atoms with van der Waals surface area (Å²) < 4.78 is 46.5. The van der Waals surface area contributed by atoms with Gasteiger partial charge in [0.25, 0.3) is 10.0 Å². The third kappa shape index (κ3) is 4.44. The van der Waals surface area contributed by atoms with Crippen molar-refractivity contribution in [1.29, 1.82) is 0 Å². The van der Waals surface area contributed by atoms with Crippen molar-refractivity contribution in [2.24, 2.45) is 0 Å². The first kappa shape index (κ1) is 27.0. The van der Waals surface area contributed by atoms with Gasteiger partial charge < -0.3 is 14.0 Å².